The SMILES string of the molecule is Cc1ccc(S(=O)(=O)N2CCN(CC3CC3)CC2)s1. The Morgan fingerprint density at radius 2 is 1.89 bits per heavy atom. The molecule has 3 rings (SSSR count). The number of nitrogens with zero attached hydrogens (tertiary/aromatic N) is 2. The molecule has 0 spiro atoms. The Morgan fingerprint density at radius 1 is 1.21 bits per heavy atom. The zero-order valence-electron chi connectivity index (χ0n) is 11.2. The van der Waals surface area contributed by atoms with Gasteiger partial charge in [-0.1, -0.05) is 0 Å². The van der Waals surface area contributed by atoms with E-state index in [9.17, 15) is 8.42 Å². The average molecular weight is 300 g/mol. The second-order valence-corrected chi connectivity index (χ2v) is 8.97. The summed E-state index contributed by atoms with van der Waals surface area (Å²) in [6, 6.07) is 3.60. The highest BCUT2D eigenvalue weighted by atomic mass is 32.2. The first-order valence-corrected chi connectivity index (χ1v) is 9.10. The fraction of sp³-hybridized carbons (Fsp3) is 0.692. The van der Waals surface area contributed by atoms with Gasteiger partial charge in [0.2, 0.25) is 0 Å². The fourth-order valence-electron chi connectivity index (χ4n) is 2.50. The maximum atomic E-state index is 12.5. The van der Waals surface area contributed by atoms with Crippen molar-refractivity contribution in [1.29, 1.82) is 0 Å². The molecule has 0 radical (unpaired) electrons. The molecule has 106 valence electrons. The summed E-state index contributed by atoms with van der Waals surface area (Å²) in [6.45, 7) is 6.11. The Labute approximate surface area is 119 Å². The molecule has 1 saturated carbocycles. The normalized spacial score (nSPS) is 22.8. The number of thiophene rings is 1. The molecule has 0 aromatic carbocycles. The van der Waals surface area contributed by atoms with E-state index in [2.05, 4.69) is 4.90 Å². The molecule has 0 bridgehead atoms. The van der Waals surface area contributed by atoms with Gasteiger partial charge in [-0.25, -0.2) is 8.42 Å². The predicted octanol–water partition coefficient (Wildman–Crippen LogP) is 1.77. The monoisotopic (exact) mass is 300 g/mol. The first-order valence-electron chi connectivity index (χ1n) is 6.84. The summed E-state index contributed by atoms with van der Waals surface area (Å²) in [7, 11) is -3.25. The van der Waals surface area contributed by atoms with Crippen LogP contribution >= 0.6 is 11.3 Å². The van der Waals surface area contributed by atoms with Crippen LogP contribution in [0.2, 0.25) is 0 Å². The lowest BCUT2D eigenvalue weighted by molar-refractivity contribution is 0.182. The topological polar surface area (TPSA) is 40.6 Å². The zero-order chi connectivity index (χ0) is 13.5. The van der Waals surface area contributed by atoms with E-state index in [0.717, 1.165) is 30.4 Å². The summed E-state index contributed by atoms with van der Waals surface area (Å²) in [6.07, 6.45) is 2.71. The highest BCUT2D eigenvalue weighted by Crippen LogP contribution is 2.30. The van der Waals surface area contributed by atoms with Crippen LogP contribution in [-0.2, 0) is 10.0 Å². The molecular weight excluding hydrogens is 280 g/mol. The third-order valence-corrected chi connectivity index (χ3v) is 7.22. The molecule has 1 aromatic rings. The van der Waals surface area contributed by atoms with Crippen molar-refractivity contribution in [3.8, 4) is 0 Å². The van der Waals surface area contributed by atoms with Crippen molar-refractivity contribution in [3.63, 3.8) is 0 Å². The molecule has 2 heterocycles. The van der Waals surface area contributed by atoms with E-state index in [1.807, 2.05) is 13.0 Å². The minimum Gasteiger partial charge on any atom is -0.300 e. The zero-order valence-corrected chi connectivity index (χ0v) is 12.8. The van der Waals surface area contributed by atoms with Crippen LogP contribution in [0.15, 0.2) is 16.3 Å². The molecule has 1 aliphatic heterocycles. The lowest BCUT2D eigenvalue weighted by Gasteiger charge is -2.33. The van der Waals surface area contributed by atoms with E-state index < -0.39 is 10.0 Å². The molecule has 19 heavy (non-hydrogen) atoms. The van der Waals surface area contributed by atoms with Gasteiger partial charge in [0.1, 0.15) is 4.21 Å². The molecule has 2 aliphatic rings. The van der Waals surface area contributed by atoms with Crippen molar-refractivity contribution < 1.29 is 8.42 Å². The maximum absolute atomic E-state index is 12.5. The van der Waals surface area contributed by atoms with Crippen LogP contribution < -0.4 is 0 Å². The first-order chi connectivity index (χ1) is 9.05. The van der Waals surface area contributed by atoms with Crippen LogP contribution in [0.4, 0.5) is 0 Å². The summed E-state index contributed by atoms with van der Waals surface area (Å²) < 4.78 is 27.0. The summed E-state index contributed by atoms with van der Waals surface area (Å²) in [4.78, 5) is 3.45. The van der Waals surface area contributed by atoms with E-state index in [1.165, 1.54) is 24.2 Å². The van der Waals surface area contributed by atoms with E-state index in [4.69, 9.17) is 0 Å². The fourth-order valence-corrected chi connectivity index (χ4v) is 5.36. The quantitative estimate of drug-likeness (QED) is 0.851. The minimum atomic E-state index is -3.25. The number of hydrogen-bond acceptors (Lipinski definition) is 4. The Bertz CT molecular complexity index is 541. The number of aryl methyl sites for hydroxylation is 1. The predicted molar refractivity (Wildman–Crippen MR) is 77.0 cm³/mol. The van der Waals surface area contributed by atoms with E-state index in [1.54, 1.807) is 10.4 Å². The van der Waals surface area contributed by atoms with Crippen LogP contribution in [0, 0.1) is 12.8 Å². The number of hydrogen-bond donors (Lipinski definition) is 0. The molecule has 6 heteroatoms. The second kappa shape index (κ2) is 5.16. The van der Waals surface area contributed by atoms with Crippen molar-refractivity contribution >= 4 is 21.4 Å². The lowest BCUT2D eigenvalue weighted by atomic mass is 10.3. The van der Waals surface area contributed by atoms with E-state index >= 15 is 0 Å². The van der Waals surface area contributed by atoms with Crippen LogP contribution in [0.3, 0.4) is 0 Å². The Balaban J connectivity index is 1.63. The Kier molecular flexibility index (Phi) is 3.68. The van der Waals surface area contributed by atoms with Gasteiger partial charge in [-0.2, -0.15) is 4.31 Å². The number of rotatable bonds is 4. The van der Waals surface area contributed by atoms with Crippen molar-refractivity contribution in [3.05, 3.63) is 17.0 Å². The molecule has 1 saturated heterocycles. The van der Waals surface area contributed by atoms with Crippen molar-refractivity contribution in [1.82, 2.24) is 9.21 Å². The molecule has 1 aliphatic carbocycles. The van der Waals surface area contributed by atoms with Gasteiger partial charge in [0.05, 0.1) is 0 Å². The van der Waals surface area contributed by atoms with Gasteiger partial charge < -0.3 is 4.90 Å². The third kappa shape index (κ3) is 3.02. The highest BCUT2D eigenvalue weighted by molar-refractivity contribution is 7.91. The van der Waals surface area contributed by atoms with Gasteiger partial charge in [0.15, 0.2) is 0 Å². The van der Waals surface area contributed by atoms with Gasteiger partial charge in [0.25, 0.3) is 10.0 Å². The van der Waals surface area contributed by atoms with Gasteiger partial charge in [-0.05, 0) is 37.8 Å². The van der Waals surface area contributed by atoms with Crippen molar-refractivity contribution in [2.45, 2.75) is 24.0 Å². The molecule has 1 aromatic heterocycles. The average Bonchev–Trinajstić information content (AvgIpc) is 3.08. The Hall–Kier alpha value is -0.430. The summed E-state index contributed by atoms with van der Waals surface area (Å²) in [5.41, 5.74) is 0. The lowest BCUT2D eigenvalue weighted by Crippen LogP contribution is -2.48. The summed E-state index contributed by atoms with van der Waals surface area (Å²) in [5.74, 6) is 0.878. The first kappa shape index (κ1) is 13.5. The van der Waals surface area contributed by atoms with Crippen LogP contribution in [-0.4, -0.2) is 50.3 Å². The molecule has 0 unspecified atom stereocenters. The molecule has 0 atom stereocenters. The van der Waals surface area contributed by atoms with Gasteiger partial charge in [0, 0.05) is 37.6 Å². The van der Waals surface area contributed by atoms with Crippen molar-refractivity contribution in [2.24, 2.45) is 5.92 Å². The number of sulfonamides is 1. The largest absolute Gasteiger partial charge is 0.300 e. The van der Waals surface area contributed by atoms with Gasteiger partial charge >= 0.3 is 0 Å². The van der Waals surface area contributed by atoms with Crippen LogP contribution in [0.1, 0.15) is 17.7 Å². The van der Waals surface area contributed by atoms with E-state index in [-0.39, 0.29) is 0 Å². The second-order valence-electron chi connectivity index (χ2n) is 5.51. The van der Waals surface area contributed by atoms with Crippen molar-refractivity contribution in [2.75, 3.05) is 32.7 Å². The van der Waals surface area contributed by atoms with Gasteiger partial charge in [-0.3, -0.25) is 0 Å². The number of piperazine rings is 1. The Morgan fingerprint density at radius 3 is 2.42 bits per heavy atom. The van der Waals surface area contributed by atoms with E-state index in [0.29, 0.717) is 17.3 Å². The maximum Gasteiger partial charge on any atom is 0.252 e. The molecule has 0 N–H and O–H groups in total. The van der Waals surface area contributed by atoms with Gasteiger partial charge in [-0.15, -0.1) is 11.3 Å². The molecular formula is C13H20N2O2S2. The molecule has 2 fully saturated rings. The molecule has 0 amide bonds. The van der Waals surface area contributed by atoms with Crippen LogP contribution in [0.25, 0.3) is 0 Å². The summed E-state index contributed by atoms with van der Waals surface area (Å²) >= 11 is 1.37. The smallest absolute Gasteiger partial charge is 0.252 e. The standard InChI is InChI=1S/C13H20N2O2S2/c1-11-2-5-13(18-11)19(16,17)15-8-6-14(7-9-15)10-12-3-4-12/h2,5,12H,3-4,6-10H2,1H3. The van der Waals surface area contributed by atoms with Crippen LogP contribution in [0.5, 0.6) is 0 Å². The minimum absolute atomic E-state index is 0.487. The summed E-state index contributed by atoms with van der Waals surface area (Å²) in [5, 5.41) is 0. The highest BCUT2D eigenvalue weighted by Gasteiger charge is 2.31. The molecule has 4 nitrogen and oxygen atoms in total. The third-order valence-electron chi connectivity index (χ3n) is 3.85.